The minimum atomic E-state index is -0.552. The lowest BCUT2D eigenvalue weighted by molar-refractivity contribution is 0.367. The maximum atomic E-state index is 7.74. The summed E-state index contributed by atoms with van der Waals surface area (Å²) < 4.78 is 8.92. The van der Waals surface area contributed by atoms with Crippen LogP contribution in [-0.4, -0.2) is 40.8 Å². The van der Waals surface area contributed by atoms with Gasteiger partial charge >= 0.3 is 0 Å². The Kier molecular flexibility index (Phi) is 4.86. The van der Waals surface area contributed by atoms with Crippen molar-refractivity contribution in [3.8, 4) is 22.8 Å². The molecule has 4 aromatic rings. The third kappa shape index (κ3) is 3.35. The lowest BCUT2D eigenvalue weighted by atomic mass is 10.1. The van der Waals surface area contributed by atoms with Crippen molar-refractivity contribution in [3.05, 3.63) is 54.2 Å². The van der Waals surface area contributed by atoms with Gasteiger partial charge in [0, 0.05) is 18.8 Å². The average molecular weight is 426 g/mol. The summed E-state index contributed by atoms with van der Waals surface area (Å²) in [6.07, 6.45) is 5.19. The number of rotatable bonds is 6. The van der Waals surface area contributed by atoms with E-state index in [2.05, 4.69) is 25.6 Å². The van der Waals surface area contributed by atoms with E-state index in [1.54, 1.807) is 15.6 Å². The van der Waals surface area contributed by atoms with Crippen molar-refractivity contribution >= 4 is 18.2 Å². The highest BCUT2D eigenvalue weighted by Gasteiger charge is 2.52. The van der Waals surface area contributed by atoms with Crippen LogP contribution in [0, 0.1) is 5.41 Å². The molecule has 3 N–H and O–H groups in total. The fourth-order valence-corrected chi connectivity index (χ4v) is 3.32. The van der Waals surface area contributed by atoms with Crippen molar-refractivity contribution in [1.82, 2.24) is 34.9 Å². The Labute approximate surface area is 178 Å². The summed E-state index contributed by atoms with van der Waals surface area (Å²) in [7, 11) is 1.87. The van der Waals surface area contributed by atoms with E-state index in [0.717, 1.165) is 35.4 Å². The topological polar surface area (TPSA) is 137 Å². The number of hydrogen-bond acceptors (Lipinski definition) is 7. The van der Waals surface area contributed by atoms with Gasteiger partial charge in [0.15, 0.2) is 0 Å². The van der Waals surface area contributed by atoms with Gasteiger partial charge in [-0.2, -0.15) is 10.1 Å². The van der Waals surface area contributed by atoms with Gasteiger partial charge in [-0.15, -0.1) is 17.5 Å². The van der Waals surface area contributed by atoms with Crippen LogP contribution in [0.15, 0.2) is 47.2 Å². The number of nitrogens with one attached hydrogen (secondary N) is 1. The molecule has 11 heteroatoms. The van der Waals surface area contributed by atoms with Crippen LogP contribution in [0.1, 0.15) is 24.3 Å². The first kappa shape index (κ1) is 19.8. The van der Waals surface area contributed by atoms with E-state index in [0.29, 0.717) is 18.3 Å². The minimum absolute atomic E-state index is 0. The van der Waals surface area contributed by atoms with Gasteiger partial charge in [-0.05, 0) is 24.5 Å². The van der Waals surface area contributed by atoms with Crippen LogP contribution in [0.2, 0.25) is 0 Å². The molecule has 0 bridgehead atoms. The van der Waals surface area contributed by atoms with Crippen molar-refractivity contribution < 1.29 is 4.52 Å². The molecule has 3 aromatic heterocycles. The lowest BCUT2D eigenvalue weighted by Gasteiger charge is -2.05. The zero-order valence-corrected chi connectivity index (χ0v) is 17.0. The minimum Gasteiger partial charge on any atom is -0.387 e. The first-order valence-electron chi connectivity index (χ1n) is 9.22. The number of aryl methyl sites for hydroxylation is 1. The summed E-state index contributed by atoms with van der Waals surface area (Å²) in [5.41, 5.74) is 8.74. The van der Waals surface area contributed by atoms with Crippen molar-refractivity contribution in [2.24, 2.45) is 12.8 Å². The largest absolute Gasteiger partial charge is 0.387 e. The van der Waals surface area contributed by atoms with Gasteiger partial charge in [0.25, 0.3) is 0 Å². The van der Waals surface area contributed by atoms with E-state index in [1.807, 2.05) is 43.6 Å². The van der Waals surface area contributed by atoms with Gasteiger partial charge in [0.1, 0.15) is 16.9 Å². The van der Waals surface area contributed by atoms with Gasteiger partial charge in [0.2, 0.25) is 11.7 Å². The molecule has 1 saturated carbocycles. The van der Waals surface area contributed by atoms with E-state index in [1.165, 1.54) is 0 Å². The molecule has 1 aliphatic rings. The molecule has 0 spiro atoms. The maximum absolute atomic E-state index is 7.74. The normalized spacial score (nSPS) is 14.3. The molecule has 30 heavy (non-hydrogen) atoms. The zero-order chi connectivity index (χ0) is 20.0. The molecular formula is C19H20ClN9O. The predicted molar refractivity (Wildman–Crippen MR) is 111 cm³/mol. The molecule has 3 heterocycles. The Morgan fingerprint density at radius 3 is 2.63 bits per heavy atom. The van der Waals surface area contributed by atoms with Crippen LogP contribution in [-0.2, 0) is 19.0 Å². The summed E-state index contributed by atoms with van der Waals surface area (Å²) >= 11 is 0. The smallest absolute Gasteiger partial charge is 0.240 e. The first-order valence-corrected chi connectivity index (χ1v) is 9.22. The highest BCUT2D eigenvalue weighted by molar-refractivity contribution is 5.91. The van der Waals surface area contributed by atoms with Crippen molar-refractivity contribution in [1.29, 1.82) is 5.41 Å². The summed E-state index contributed by atoms with van der Waals surface area (Å²) in [6, 6.07) is 9.77. The molecule has 0 aliphatic heterocycles. The first-order chi connectivity index (χ1) is 14.0. The Morgan fingerprint density at radius 1 is 1.23 bits per heavy atom. The van der Waals surface area contributed by atoms with Crippen LogP contribution >= 0.6 is 12.4 Å². The molecule has 0 radical (unpaired) electrons. The standard InChI is InChI=1S/C19H19N9O.ClH/c1-27-15(6-9-22-27)14-11-28(26-24-14)10-12-2-4-13(5-3-12)16-23-18(29-25-16)19(7-8-19)17(20)21;/h2-6,9,11H,7-8,10H2,1H3,(H3,20,21);1H. The van der Waals surface area contributed by atoms with Crippen LogP contribution in [0.3, 0.4) is 0 Å². The van der Waals surface area contributed by atoms with Crippen molar-refractivity contribution in [3.63, 3.8) is 0 Å². The van der Waals surface area contributed by atoms with Crippen LogP contribution in [0.4, 0.5) is 0 Å². The second-order valence-corrected chi connectivity index (χ2v) is 7.26. The maximum Gasteiger partial charge on any atom is 0.240 e. The molecule has 1 aromatic carbocycles. The third-order valence-electron chi connectivity index (χ3n) is 5.28. The Bertz CT molecular complexity index is 1190. The van der Waals surface area contributed by atoms with Crippen LogP contribution in [0.25, 0.3) is 22.8 Å². The van der Waals surface area contributed by atoms with Crippen molar-refractivity contribution in [2.45, 2.75) is 24.8 Å². The van der Waals surface area contributed by atoms with E-state index >= 15 is 0 Å². The molecule has 154 valence electrons. The predicted octanol–water partition coefficient (Wildman–Crippen LogP) is 2.17. The molecule has 0 unspecified atom stereocenters. The SMILES string of the molecule is Cl.Cn1nccc1-c1cn(Cc2ccc(-c3noc(C4(C(=N)N)CC4)n3)cc2)nn1. The number of hydrogen-bond donors (Lipinski definition) is 2. The quantitative estimate of drug-likeness (QED) is 0.356. The molecule has 1 fully saturated rings. The molecule has 1 aliphatic carbocycles. The summed E-state index contributed by atoms with van der Waals surface area (Å²) in [6.45, 7) is 0.593. The van der Waals surface area contributed by atoms with Gasteiger partial charge in [-0.1, -0.05) is 34.6 Å². The molecule has 5 rings (SSSR count). The molecule has 0 atom stereocenters. The summed E-state index contributed by atoms with van der Waals surface area (Å²) in [5.74, 6) is 1.01. The molecular weight excluding hydrogens is 406 g/mol. The zero-order valence-electron chi connectivity index (χ0n) is 16.2. The highest BCUT2D eigenvalue weighted by atomic mass is 35.5. The monoisotopic (exact) mass is 425 g/mol. The van der Waals surface area contributed by atoms with E-state index < -0.39 is 5.41 Å². The second-order valence-electron chi connectivity index (χ2n) is 7.26. The summed E-state index contributed by atoms with van der Waals surface area (Å²) in [5, 5.41) is 24.4. The van der Waals surface area contributed by atoms with Crippen molar-refractivity contribution in [2.75, 3.05) is 0 Å². The van der Waals surface area contributed by atoms with Gasteiger partial charge in [0.05, 0.1) is 18.4 Å². The highest BCUT2D eigenvalue weighted by Crippen LogP contribution is 2.47. The van der Waals surface area contributed by atoms with Crippen LogP contribution in [0.5, 0.6) is 0 Å². The summed E-state index contributed by atoms with van der Waals surface area (Å²) in [4.78, 5) is 4.46. The van der Waals surface area contributed by atoms with E-state index in [4.69, 9.17) is 15.7 Å². The van der Waals surface area contributed by atoms with E-state index in [9.17, 15) is 0 Å². The fourth-order valence-electron chi connectivity index (χ4n) is 3.32. The number of amidine groups is 1. The second kappa shape index (κ2) is 7.38. The van der Waals surface area contributed by atoms with Crippen LogP contribution < -0.4 is 5.73 Å². The Morgan fingerprint density at radius 2 is 2.00 bits per heavy atom. The molecule has 10 nitrogen and oxygen atoms in total. The molecule has 0 saturated heterocycles. The Hall–Kier alpha value is -3.53. The van der Waals surface area contributed by atoms with Gasteiger partial charge in [-0.3, -0.25) is 10.1 Å². The van der Waals surface area contributed by atoms with Gasteiger partial charge < -0.3 is 10.3 Å². The average Bonchev–Trinajstić information content (AvgIpc) is 3.05. The molecule has 0 amide bonds. The number of benzene rings is 1. The number of nitrogens with two attached hydrogens (primary N) is 1. The number of halogens is 1. The third-order valence-corrected chi connectivity index (χ3v) is 5.28. The lowest BCUT2D eigenvalue weighted by Crippen LogP contribution is -2.27. The number of aromatic nitrogens is 7. The van der Waals surface area contributed by atoms with Gasteiger partial charge in [-0.25, -0.2) is 4.68 Å². The fraction of sp³-hybridized carbons (Fsp3) is 0.263. The van der Waals surface area contributed by atoms with E-state index in [-0.39, 0.29) is 18.2 Å². The number of nitrogens with zero attached hydrogens (tertiary/aromatic N) is 7. The Balaban J connectivity index is 0.00000218.